The summed E-state index contributed by atoms with van der Waals surface area (Å²) in [6, 6.07) is 0. The molecule has 1 aromatic heterocycles. The molecule has 1 aromatic rings. The van der Waals surface area contributed by atoms with Crippen molar-refractivity contribution in [1.82, 2.24) is 20.4 Å². The monoisotopic (exact) mass is 297 g/mol. The van der Waals surface area contributed by atoms with Gasteiger partial charge in [-0.1, -0.05) is 6.92 Å². The fourth-order valence-electron chi connectivity index (χ4n) is 1.80. The number of nitro groups is 1. The molecule has 0 unspecified atom stereocenters. The Bertz CT molecular complexity index is 552. The van der Waals surface area contributed by atoms with E-state index in [1.807, 2.05) is 6.92 Å². The van der Waals surface area contributed by atoms with Crippen LogP contribution in [0.25, 0.3) is 0 Å². The number of carbonyl (C=O) groups is 2. The van der Waals surface area contributed by atoms with Crippen LogP contribution in [0.2, 0.25) is 0 Å². The van der Waals surface area contributed by atoms with E-state index in [1.54, 1.807) is 0 Å². The number of amides is 2. The van der Waals surface area contributed by atoms with Gasteiger partial charge in [-0.05, 0) is 20.3 Å². The summed E-state index contributed by atoms with van der Waals surface area (Å²) < 4.78 is 1.26. The van der Waals surface area contributed by atoms with E-state index >= 15 is 0 Å². The van der Waals surface area contributed by atoms with Crippen molar-refractivity contribution in [3.63, 3.8) is 0 Å². The van der Waals surface area contributed by atoms with Crippen molar-refractivity contribution in [3.05, 3.63) is 21.5 Å². The van der Waals surface area contributed by atoms with Crippen LogP contribution >= 0.6 is 0 Å². The lowest BCUT2D eigenvalue weighted by Crippen LogP contribution is -2.38. The van der Waals surface area contributed by atoms with E-state index in [1.165, 1.54) is 18.5 Å². The van der Waals surface area contributed by atoms with E-state index in [0.29, 0.717) is 12.2 Å². The fraction of sp³-hybridized carbons (Fsp3) is 0.583. The van der Waals surface area contributed by atoms with Crippen LogP contribution in [0.4, 0.5) is 5.69 Å². The number of hydrogen-bond donors (Lipinski definition) is 2. The normalized spacial score (nSPS) is 10.2. The molecule has 0 atom stereocenters. The molecule has 0 spiro atoms. The Kier molecular flexibility index (Phi) is 5.82. The van der Waals surface area contributed by atoms with Crippen LogP contribution in [-0.4, -0.2) is 39.6 Å². The predicted molar refractivity (Wildman–Crippen MR) is 74.7 cm³/mol. The second-order valence-corrected chi connectivity index (χ2v) is 4.56. The van der Waals surface area contributed by atoms with Crippen molar-refractivity contribution >= 4 is 17.5 Å². The highest BCUT2D eigenvalue weighted by atomic mass is 16.6. The Morgan fingerprint density at radius 1 is 1.29 bits per heavy atom. The zero-order valence-corrected chi connectivity index (χ0v) is 12.3. The lowest BCUT2D eigenvalue weighted by atomic mass is 10.3. The van der Waals surface area contributed by atoms with E-state index < -0.39 is 10.8 Å². The fourth-order valence-corrected chi connectivity index (χ4v) is 1.80. The van der Waals surface area contributed by atoms with E-state index in [-0.39, 0.29) is 30.4 Å². The maximum atomic E-state index is 11.7. The Morgan fingerprint density at radius 2 is 1.95 bits per heavy atom. The highest BCUT2D eigenvalue weighted by Crippen LogP contribution is 2.21. The van der Waals surface area contributed by atoms with E-state index in [2.05, 4.69) is 15.7 Å². The Labute approximate surface area is 121 Å². The zero-order chi connectivity index (χ0) is 16.0. The van der Waals surface area contributed by atoms with Crippen molar-refractivity contribution < 1.29 is 14.5 Å². The second-order valence-electron chi connectivity index (χ2n) is 4.56. The molecule has 1 rings (SSSR count). The third kappa shape index (κ3) is 4.55. The van der Waals surface area contributed by atoms with E-state index in [9.17, 15) is 19.7 Å². The van der Waals surface area contributed by atoms with Crippen LogP contribution < -0.4 is 10.6 Å². The number of nitrogens with one attached hydrogen (secondary N) is 2. The van der Waals surface area contributed by atoms with Gasteiger partial charge in [-0.25, -0.2) is 0 Å². The molecule has 2 N–H and O–H groups in total. The molecule has 1 heterocycles. The molecular weight excluding hydrogens is 278 g/mol. The summed E-state index contributed by atoms with van der Waals surface area (Å²) in [6.45, 7) is 5.23. The molecule has 0 radical (unpaired) electrons. The van der Waals surface area contributed by atoms with Crippen molar-refractivity contribution in [2.24, 2.45) is 0 Å². The molecule has 9 heteroatoms. The molecule has 116 valence electrons. The maximum absolute atomic E-state index is 11.7. The van der Waals surface area contributed by atoms with Gasteiger partial charge in [0.25, 0.3) is 0 Å². The number of carbonyl (C=O) groups excluding carboxylic acids is 2. The summed E-state index contributed by atoms with van der Waals surface area (Å²) >= 11 is 0. The Hall–Kier alpha value is -2.45. The standard InChI is InChI=1S/C12H19N5O4/c1-4-5-13-10(18)6-14-11(19)7-16-9(3)12(17(20)21)8(2)15-16/h4-7H2,1-3H3,(H,13,18)(H,14,19). The molecule has 0 saturated heterocycles. The number of hydrogen-bond acceptors (Lipinski definition) is 5. The molecule has 0 aliphatic carbocycles. The minimum Gasteiger partial charge on any atom is -0.355 e. The van der Waals surface area contributed by atoms with Gasteiger partial charge in [0.2, 0.25) is 11.8 Å². The smallest absolute Gasteiger partial charge is 0.312 e. The van der Waals surface area contributed by atoms with Crippen molar-refractivity contribution in [2.75, 3.05) is 13.1 Å². The van der Waals surface area contributed by atoms with Crippen LogP contribution in [0.5, 0.6) is 0 Å². The van der Waals surface area contributed by atoms with Gasteiger partial charge < -0.3 is 10.6 Å². The molecule has 0 aliphatic rings. The summed E-state index contributed by atoms with van der Waals surface area (Å²) in [5.74, 6) is -0.702. The van der Waals surface area contributed by atoms with Gasteiger partial charge in [0, 0.05) is 6.54 Å². The highest BCUT2D eigenvalue weighted by molar-refractivity contribution is 5.84. The van der Waals surface area contributed by atoms with Gasteiger partial charge in [0.05, 0.1) is 11.5 Å². The predicted octanol–water partition coefficient (Wildman–Crippen LogP) is 0.0505. The van der Waals surface area contributed by atoms with Gasteiger partial charge >= 0.3 is 5.69 Å². The number of rotatable bonds is 7. The van der Waals surface area contributed by atoms with Gasteiger partial charge in [0.15, 0.2) is 0 Å². The summed E-state index contributed by atoms with van der Waals surface area (Å²) in [6.07, 6.45) is 0.815. The molecule has 21 heavy (non-hydrogen) atoms. The molecule has 9 nitrogen and oxygen atoms in total. The lowest BCUT2D eigenvalue weighted by molar-refractivity contribution is -0.386. The molecule has 0 fully saturated rings. The highest BCUT2D eigenvalue weighted by Gasteiger charge is 2.22. The first-order valence-electron chi connectivity index (χ1n) is 6.58. The first-order chi connectivity index (χ1) is 9.86. The molecule has 0 aliphatic heterocycles. The summed E-state index contributed by atoms with van der Waals surface area (Å²) in [4.78, 5) is 33.4. The van der Waals surface area contributed by atoms with Crippen molar-refractivity contribution in [1.29, 1.82) is 0 Å². The first-order valence-corrected chi connectivity index (χ1v) is 6.58. The Balaban J connectivity index is 2.58. The van der Waals surface area contributed by atoms with Gasteiger partial charge in [0.1, 0.15) is 17.9 Å². The maximum Gasteiger partial charge on any atom is 0.312 e. The Morgan fingerprint density at radius 3 is 2.48 bits per heavy atom. The molecule has 0 aromatic carbocycles. The van der Waals surface area contributed by atoms with Crippen LogP contribution in [0.3, 0.4) is 0 Å². The van der Waals surface area contributed by atoms with Crippen molar-refractivity contribution in [3.8, 4) is 0 Å². The average Bonchev–Trinajstić information content (AvgIpc) is 2.68. The van der Waals surface area contributed by atoms with Crippen LogP contribution in [-0.2, 0) is 16.1 Å². The molecule has 2 amide bonds. The van der Waals surface area contributed by atoms with Crippen LogP contribution in [0, 0.1) is 24.0 Å². The zero-order valence-electron chi connectivity index (χ0n) is 12.3. The molecule has 0 saturated carbocycles. The van der Waals surface area contributed by atoms with Crippen molar-refractivity contribution in [2.45, 2.75) is 33.7 Å². The summed E-state index contributed by atoms with van der Waals surface area (Å²) in [5, 5.41) is 19.9. The van der Waals surface area contributed by atoms with Crippen LogP contribution in [0.15, 0.2) is 0 Å². The third-order valence-corrected chi connectivity index (χ3v) is 2.84. The number of nitrogens with zero attached hydrogens (tertiary/aromatic N) is 3. The summed E-state index contributed by atoms with van der Waals surface area (Å²) in [5.41, 5.74) is 0.470. The van der Waals surface area contributed by atoms with E-state index in [4.69, 9.17) is 0 Å². The van der Waals surface area contributed by atoms with Gasteiger partial charge in [-0.15, -0.1) is 0 Å². The minimum atomic E-state index is -0.524. The average molecular weight is 297 g/mol. The lowest BCUT2D eigenvalue weighted by Gasteiger charge is -2.06. The van der Waals surface area contributed by atoms with Gasteiger partial charge in [-0.2, -0.15) is 5.10 Å². The summed E-state index contributed by atoms with van der Waals surface area (Å²) in [7, 11) is 0. The largest absolute Gasteiger partial charge is 0.355 e. The molecule has 0 bridgehead atoms. The number of aryl methyl sites for hydroxylation is 1. The SMILES string of the molecule is CCCNC(=O)CNC(=O)Cn1nc(C)c([N+](=O)[O-])c1C. The third-order valence-electron chi connectivity index (χ3n) is 2.84. The van der Waals surface area contributed by atoms with Gasteiger partial charge in [-0.3, -0.25) is 24.4 Å². The number of aromatic nitrogens is 2. The van der Waals surface area contributed by atoms with Crippen LogP contribution in [0.1, 0.15) is 24.7 Å². The quantitative estimate of drug-likeness (QED) is 0.544. The molecular formula is C12H19N5O4. The topological polar surface area (TPSA) is 119 Å². The second kappa shape index (κ2) is 7.36. The van der Waals surface area contributed by atoms with E-state index in [0.717, 1.165) is 6.42 Å². The first kappa shape index (κ1) is 16.6. The minimum absolute atomic E-state index is 0.0940.